The summed E-state index contributed by atoms with van der Waals surface area (Å²) in [5, 5.41) is 19.1. The second kappa shape index (κ2) is 5.74. The van der Waals surface area contributed by atoms with E-state index in [0.717, 1.165) is 24.4 Å². The fourth-order valence-electron chi connectivity index (χ4n) is 1.07. The number of hydrogen-bond acceptors (Lipinski definition) is 4. The molecule has 0 fully saturated rings. The number of nitrogens with one attached hydrogen (secondary N) is 1. The normalized spacial score (nSPS) is 10.0. The van der Waals surface area contributed by atoms with Crippen molar-refractivity contribution in [1.82, 2.24) is 0 Å². The van der Waals surface area contributed by atoms with E-state index in [2.05, 4.69) is 10.1 Å². The summed E-state index contributed by atoms with van der Waals surface area (Å²) in [6, 6.07) is 5.27. The number of alkyl halides is 3. The molecule has 0 bridgehead atoms. The lowest BCUT2D eigenvalue weighted by Gasteiger charge is -2.13. The number of halogens is 4. The van der Waals surface area contributed by atoms with Crippen LogP contribution in [0.15, 0.2) is 30.0 Å². The predicted octanol–water partition coefficient (Wildman–Crippen LogP) is 3.07. The third-order valence-electron chi connectivity index (χ3n) is 1.78. The molecule has 0 aliphatic carbocycles. The second-order valence-corrected chi connectivity index (χ2v) is 3.11. The Morgan fingerprint density at radius 2 is 1.89 bits per heavy atom. The van der Waals surface area contributed by atoms with Crippen LogP contribution in [0.1, 0.15) is 0 Å². The molecule has 0 saturated carbocycles. The molecule has 0 aromatic heterocycles. The number of hydrogen-bond donors (Lipinski definition) is 1. The van der Waals surface area contributed by atoms with Gasteiger partial charge in [-0.3, -0.25) is 0 Å². The lowest BCUT2D eigenvalue weighted by atomic mass is 10.2. The highest BCUT2D eigenvalue weighted by atomic mass is 19.4. The second-order valence-electron chi connectivity index (χ2n) is 3.11. The van der Waals surface area contributed by atoms with E-state index >= 15 is 0 Å². The van der Waals surface area contributed by atoms with Crippen molar-refractivity contribution < 1.29 is 22.3 Å². The molecule has 0 aliphatic rings. The first-order valence-electron chi connectivity index (χ1n) is 4.68. The van der Waals surface area contributed by atoms with Gasteiger partial charge in [0, 0.05) is 12.3 Å². The van der Waals surface area contributed by atoms with Gasteiger partial charge in [0.15, 0.2) is 5.75 Å². The van der Waals surface area contributed by atoms with Crippen molar-refractivity contribution in [1.29, 1.82) is 10.5 Å². The first kappa shape index (κ1) is 14.3. The van der Waals surface area contributed by atoms with Gasteiger partial charge in [-0.2, -0.15) is 10.5 Å². The molecule has 0 spiro atoms. The van der Waals surface area contributed by atoms with Crippen molar-refractivity contribution >= 4 is 5.69 Å². The van der Waals surface area contributed by atoms with E-state index in [1.807, 2.05) is 0 Å². The SMILES string of the molecule is N#CC(C#N)=CNc1cc(F)ccc1OC(F)(F)F. The maximum atomic E-state index is 12.9. The highest BCUT2D eigenvalue weighted by Gasteiger charge is 2.32. The molecule has 1 N–H and O–H groups in total. The van der Waals surface area contributed by atoms with Crippen LogP contribution >= 0.6 is 0 Å². The van der Waals surface area contributed by atoms with Crippen LogP contribution in [0.2, 0.25) is 0 Å². The van der Waals surface area contributed by atoms with Crippen LogP contribution in [-0.4, -0.2) is 6.36 Å². The van der Waals surface area contributed by atoms with Crippen LogP contribution in [-0.2, 0) is 0 Å². The molecule has 98 valence electrons. The summed E-state index contributed by atoms with van der Waals surface area (Å²) in [6.07, 6.45) is -4.09. The van der Waals surface area contributed by atoms with Gasteiger partial charge in [-0.05, 0) is 12.1 Å². The van der Waals surface area contributed by atoms with Gasteiger partial charge in [0.2, 0.25) is 0 Å². The molecule has 0 heterocycles. The minimum atomic E-state index is -4.94. The van der Waals surface area contributed by atoms with Gasteiger partial charge < -0.3 is 10.1 Å². The molecule has 0 aliphatic heterocycles. The van der Waals surface area contributed by atoms with E-state index < -0.39 is 17.9 Å². The molecule has 0 amide bonds. The van der Waals surface area contributed by atoms with Crippen LogP contribution < -0.4 is 10.1 Å². The third-order valence-corrected chi connectivity index (χ3v) is 1.78. The van der Waals surface area contributed by atoms with Crippen molar-refractivity contribution in [2.24, 2.45) is 0 Å². The van der Waals surface area contributed by atoms with Gasteiger partial charge >= 0.3 is 6.36 Å². The smallest absolute Gasteiger partial charge is 0.404 e. The number of nitriles is 2. The van der Waals surface area contributed by atoms with Gasteiger partial charge in [0.05, 0.1) is 5.69 Å². The molecular formula is C11H5F4N3O. The minimum Gasteiger partial charge on any atom is -0.404 e. The number of rotatable bonds is 3. The maximum absolute atomic E-state index is 12.9. The number of allylic oxidation sites excluding steroid dienone is 1. The minimum absolute atomic E-state index is 0.361. The van der Waals surface area contributed by atoms with Crippen molar-refractivity contribution in [3.8, 4) is 17.9 Å². The Balaban J connectivity index is 3.06. The van der Waals surface area contributed by atoms with E-state index in [9.17, 15) is 17.6 Å². The van der Waals surface area contributed by atoms with E-state index in [1.54, 1.807) is 0 Å². The third kappa shape index (κ3) is 4.56. The molecule has 19 heavy (non-hydrogen) atoms. The monoisotopic (exact) mass is 271 g/mol. The van der Waals surface area contributed by atoms with Crippen molar-refractivity contribution in [2.75, 3.05) is 5.32 Å². The first-order valence-corrected chi connectivity index (χ1v) is 4.68. The summed E-state index contributed by atoms with van der Waals surface area (Å²) in [4.78, 5) is 0. The Hall–Kier alpha value is -2.74. The Labute approximate surface area is 105 Å². The average molecular weight is 271 g/mol. The largest absolute Gasteiger partial charge is 0.573 e. The number of anilines is 1. The van der Waals surface area contributed by atoms with Crippen molar-refractivity contribution in [3.05, 3.63) is 35.8 Å². The number of ether oxygens (including phenoxy) is 1. The molecule has 8 heteroatoms. The quantitative estimate of drug-likeness (QED) is 0.677. The molecule has 0 saturated heterocycles. The van der Waals surface area contributed by atoms with Gasteiger partial charge in [0.25, 0.3) is 0 Å². The summed E-state index contributed by atoms with van der Waals surface area (Å²) in [5.41, 5.74) is -0.748. The Bertz CT molecular complexity index is 565. The zero-order valence-corrected chi connectivity index (χ0v) is 9.12. The highest BCUT2D eigenvalue weighted by molar-refractivity contribution is 5.59. The molecule has 4 nitrogen and oxygen atoms in total. The van der Waals surface area contributed by atoms with E-state index in [1.165, 1.54) is 12.1 Å². The van der Waals surface area contributed by atoms with Gasteiger partial charge in [-0.25, -0.2) is 4.39 Å². The summed E-state index contributed by atoms with van der Waals surface area (Å²) in [7, 11) is 0. The van der Waals surface area contributed by atoms with E-state index in [0.29, 0.717) is 0 Å². The van der Waals surface area contributed by atoms with Crippen LogP contribution in [0.25, 0.3) is 0 Å². The maximum Gasteiger partial charge on any atom is 0.573 e. The number of benzene rings is 1. The highest BCUT2D eigenvalue weighted by Crippen LogP contribution is 2.30. The van der Waals surface area contributed by atoms with Crippen LogP contribution in [0.3, 0.4) is 0 Å². The molecule has 1 aromatic carbocycles. The zero-order chi connectivity index (χ0) is 14.5. The lowest BCUT2D eigenvalue weighted by molar-refractivity contribution is -0.274. The fourth-order valence-corrected chi connectivity index (χ4v) is 1.07. The van der Waals surface area contributed by atoms with Gasteiger partial charge in [-0.15, -0.1) is 13.2 Å². The first-order chi connectivity index (χ1) is 8.85. The van der Waals surface area contributed by atoms with Crippen LogP contribution in [0, 0.1) is 28.5 Å². The summed E-state index contributed by atoms with van der Waals surface area (Å²) >= 11 is 0. The van der Waals surface area contributed by atoms with Crippen molar-refractivity contribution in [3.63, 3.8) is 0 Å². The van der Waals surface area contributed by atoms with Gasteiger partial charge in [-0.1, -0.05) is 0 Å². The molecular weight excluding hydrogens is 266 g/mol. The summed E-state index contributed by atoms with van der Waals surface area (Å²) in [5.74, 6) is -1.48. The predicted molar refractivity (Wildman–Crippen MR) is 56.0 cm³/mol. The van der Waals surface area contributed by atoms with Crippen LogP contribution in [0.4, 0.5) is 23.2 Å². The number of nitrogens with zero attached hydrogens (tertiary/aromatic N) is 2. The fraction of sp³-hybridized carbons (Fsp3) is 0.0909. The summed E-state index contributed by atoms with van der Waals surface area (Å²) in [6.45, 7) is 0. The van der Waals surface area contributed by atoms with E-state index in [4.69, 9.17) is 10.5 Å². The lowest BCUT2D eigenvalue weighted by Crippen LogP contribution is -2.18. The zero-order valence-electron chi connectivity index (χ0n) is 9.12. The summed E-state index contributed by atoms with van der Waals surface area (Å²) < 4.78 is 52.9. The Kier molecular flexibility index (Phi) is 4.32. The molecule has 1 rings (SSSR count). The molecule has 1 aromatic rings. The topological polar surface area (TPSA) is 68.8 Å². The molecule has 0 atom stereocenters. The van der Waals surface area contributed by atoms with Crippen LogP contribution in [0.5, 0.6) is 5.75 Å². The standard InChI is InChI=1S/C11H5F4N3O/c12-8-1-2-10(19-11(13,14)15)9(3-8)18-6-7(4-16)5-17/h1-3,6,18H. The molecule has 0 radical (unpaired) electrons. The van der Waals surface area contributed by atoms with Crippen molar-refractivity contribution in [2.45, 2.75) is 6.36 Å². The average Bonchev–Trinajstić information content (AvgIpc) is 2.32. The van der Waals surface area contributed by atoms with E-state index in [-0.39, 0.29) is 11.3 Å². The molecule has 0 unspecified atom stereocenters. The Morgan fingerprint density at radius 1 is 1.26 bits per heavy atom. The van der Waals surface area contributed by atoms with Gasteiger partial charge in [0.1, 0.15) is 23.5 Å². The Morgan fingerprint density at radius 3 is 2.42 bits per heavy atom.